The van der Waals surface area contributed by atoms with Crippen LogP contribution in [0.15, 0.2) is 60.3 Å². The van der Waals surface area contributed by atoms with E-state index < -0.39 is 6.10 Å². The molecule has 1 unspecified atom stereocenters. The third-order valence-corrected chi connectivity index (χ3v) is 2.60. The Bertz CT molecular complexity index is 409. The van der Waals surface area contributed by atoms with E-state index in [1.807, 2.05) is 12.2 Å². The second kappa shape index (κ2) is 6.81. The zero-order chi connectivity index (χ0) is 12.7. The molecular weight excluding hydrogens is 212 g/mol. The monoisotopic (exact) mass is 230 g/mol. The van der Waals surface area contributed by atoms with E-state index in [4.69, 9.17) is 0 Å². The number of Topliss-reactive ketones (excluding diaryl/α,β-unsaturated/α-hetero) is 1. The van der Waals surface area contributed by atoms with Gasteiger partial charge in [0.2, 0.25) is 0 Å². The molecule has 0 saturated heterocycles. The second-order valence-corrected chi connectivity index (χ2v) is 3.79. The van der Waals surface area contributed by atoms with E-state index in [0.29, 0.717) is 11.1 Å². The number of carbonyl (C=O) groups is 1. The summed E-state index contributed by atoms with van der Waals surface area (Å²) in [6, 6.07) is 0. The predicted octanol–water partition coefficient (Wildman–Crippen LogP) is 2.88. The minimum atomic E-state index is -1.09. The summed E-state index contributed by atoms with van der Waals surface area (Å²) >= 11 is 0. The van der Waals surface area contributed by atoms with Gasteiger partial charge in [-0.2, -0.15) is 0 Å². The van der Waals surface area contributed by atoms with Crippen LogP contribution in [0, 0.1) is 0 Å². The van der Waals surface area contributed by atoms with Crippen LogP contribution in [0.2, 0.25) is 0 Å². The smallest absolute Gasteiger partial charge is 0.195 e. The number of rotatable bonds is 5. The molecule has 2 nitrogen and oxygen atoms in total. The molecule has 0 amide bonds. The van der Waals surface area contributed by atoms with Crippen molar-refractivity contribution < 1.29 is 9.90 Å². The number of aliphatic hydroxyl groups is 1. The van der Waals surface area contributed by atoms with Crippen molar-refractivity contribution in [3.05, 3.63) is 60.3 Å². The van der Waals surface area contributed by atoms with E-state index in [9.17, 15) is 9.90 Å². The lowest BCUT2D eigenvalue weighted by Gasteiger charge is -2.13. The Morgan fingerprint density at radius 2 is 2.29 bits per heavy atom. The molecule has 0 aliphatic heterocycles. The van der Waals surface area contributed by atoms with E-state index in [-0.39, 0.29) is 5.78 Å². The van der Waals surface area contributed by atoms with Crippen LogP contribution in [0.25, 0.3) is 0 Å². The van der Waals surface area contributed by atoms with Crippen molar-refractivity contribution in [3.8, 4) is 0 Å². The average Bonchev–Trinajstić information content (AvgIpc) is 2.39. The third kappa shape index (κ3) is 3.68. The fourth-order valence-corrected chi connectivity index (χ4v) is 1.63. The van der Waals surface area contributed by atoms with Gasteiger partial charge in [0.25, 0.3) is 0 Å². The summed E-state index contributed by atoms with van der Waals surface area (Å²) in [5.74, 6) is -0.247. The average molecular weight is 230 g/mol. The largest absolute Gasteiger partial charge is 0.380 e. The van der Waals surface area contributed by atoms with Crippen molar-refractivity contribution in [3.63, 3.8) is 0 Å². The van der Waals surface area contributed by atoms with Crippen molar-refractivity contribution in [2.24, 2.45) is 0 Å². The first-order valence-corrected chi connectivity index (χ1v) is 5.75. The molecule has 1 atom stereocenters. The maximum Gasteiger partial charge on any atom is 0.195 e. The second-order valence-electron chi connectivity index (χ2n) is 3.79. The molecule has 1 rings (SSSR count). The Balaban J connectivity index is 2.81. The summed E-state index contributed by atoms with van der Waals surface area (Å²) in [6.45, 7) is 5.35. The van der Waals surface area contributed by atoms with Crippen molar-refractivity contribution in [1.82, 2.24) is 0 Å². The number of hydrogen-bond donors (Lipinski definition) is 1. The first kappa shape index (κ1) is 13.4. The number of carbonyl (C=O) groups excluding carboxylic acids is 1. The predicted molar refractivity (Wildman–Crippen MR) is 70.6 cm³/mol. The molecule has 2 heteroatoms. The van der Waals surface area contributed by atoms with E-state index in [2.05, 4.69) is 6.58 Å². The number of aliphatic hydroxyl groups excluding tert-OH is 1. The maximum absolute atomic E-state index is 12.0. The van der Waals surface area contributed by atoms with Gasteiger partial charge in [-0.15, -0.1) is 0 Å². The van der Waals surface area contributed by atoms with Crippen LogP contribution in [-0.2, 0) is 4.79 Å². The van der Waals surface area contributed by atoms with Crippen molar-refractivity contribution >= 4 is 5.78 Å². The Labute approximate surface area is 102 Å². The number of hydrogen-bond acceptors (Lipinski definition) is 2. The Hall–Kier alpha value is -1.67. The van der Waals surface area contributed by atoms with E-state index >= 15 is 0 Å². The topological polar surface area (TPSA) is 37.3 Å². The molecule has 0 saturated carbocycles. The van der Waals surface area contributed by atoms with Gasteiger partial charge in [-0.25, -0.2) is 0 Å². The summed E-state index contributed by atoms with van der Waals surface area (Å²) < 4.78 is 0. The highest BCUT2D eigenvalue weighted by Gasteiger charge is 2.20. The first-order chi connectivity index (χ1) is 8.20. The lowest BCUT2D eigenvalue weighted by atomic mass is 9.95. The van der Waals surface area contributed by atoms with Crippen LogP contribution in [0.1, 0.15) is 19.8 Å². The van der Waals surface area contributed by atoms with E-state index in [1.54, 1.807) is 37.3 Å². The minimum absolute atomic E-state index is 0.247. The normalized spacial score (nSPS) is 18.0. The fraction of sp³-hybridized carbons (Fsp3) is 0.267. The van der Waals surface area contributed by atoms with Gasteiger partial charge < -0.3 is 5.11 Å². The molecule has 0 aromatic carbocycles. The highest BCUT2D eigenvalue weighted by Crippen LogP contribution is 2.16. The Morgan fingerprint density at radius 1 is 1.53 bits per heavy atom. The van der Waals surface area contributed by atoms with Gasteiger partial charge in [0.1, 0.15) is 6.10 Å². The molecule has 90 valence electrons. The van der Waals surface area contributed by atoms with Crippen LogP contribution in [-0.4, -0.2) is 17.0 Å². The molecule has 1 aliphatic carbocycles. The Kier molecular flexibility index (Phi) is 5.37. The molecule has 0 radical (unpaired) electrons. The van der Waals surface area contributed by atoms with Crippen molar-refractivity contribution in [2.45, 2.75) is 25.9 Å². The van der Waals surface area contributed by atoms with Crippen LogP contribution in [0.4, 0.5) is 0 Å². The number of allylic oxidation sites excluding steroid dienone is 6. The molecule has 1 aliphatic rings. The highest BCUT2D eigenvalue weighted by atomic mass is 16.3. The molecular formula is C15H18O2. The van der Waals surface area contributed by atoms with Gasteiger partial charge in [0.15, 0.2) is 5.78 Å². The van der Waals surface area contributed by atoms with E-state index in [1.165, 1.54) is 0 Å². The zero-order valence-corrected chi connectivity index (χ0v) is 10.1. The summed E-state index contributed by atoms with van der Waals surface area (Å²) in [5, 5.41) is 9.98. The lowest BCUT2D eigenvalue weighted by molar-refractivity contribution is -0.121. The summed E-state index contributed by atoms with van der Waals surface area (Å²) in [4.78, 5) is 12.0. The highest BCUT2D eigenvalue weighted by molar-refractivity contribution is 6.03. The quantitative estimate of drug-likeness (QED) is 0.737. The van der Waals surface area contributed by atoms with Gasteiger partial charge in [-0.1, -0.05) is 49.1 Å². The zero-order valence-electron chi connectivity index (χ0n) is 10.1. The molecule has 0 aromatic heterocycles. The van der Waals surface area contributed by atoms with Gasteiger partial charge >= 0.3 is 0 Å². The van der Waals surface area contributed by atoms with Gasteiger partial charge in [-0.3, -0.25) is 4.79 Å². The van der Waals surface area contributed by atoms with Crippen molar-refractivity contribution in [2.75, 3.05) is 0 Å². The van der Waals surface area contributed by atoms with Crippen LogP contribution >= 0.6 is 0 Å². The van der Waals surface area contributed by atoms with Crippen LogP contribution in [0.5, 0.6) is 0 Å². The molecule has 0 aromatic rings. The SMILES string of the molecule is C=C/C=C\C(=C/C)C(O)C(=O)C1=CCCC=C1. The third-order valence-electron chi connectivity index (χ3n) is 2.60. The van der Waals surface area contributed by atoms with Gasteiger partial charge in [-0.05, 0) is 25.3 Å². The lowest BCUT2D eigenvalue weighted by Crippen LogP contribution is -2.23. The molecule has 0 heterocycles. The minimum Gasteiger partial charge on any atom is -0.380 e. The molecule has 17 heavy (non-hydrogen) atoms. The summed E-state index contributed by atoms with van der Waals surface area (Å²) in [5.41, 5.74) is 1.19. The molecule has 0 fully saturated rings. The summed E-state index contributed by atoms with van der Waals surface area (Å²) in [6.07, 6.45) is 13.1. The van der Waals surface area contributed by atoms with Crippen molar-refractivity contribution in [1.29, 1.82) is 0 Å². The van der Waals surface area contributed by atoms with E-state index in [0.717, 1.165) is 12.8 Å². The first-order valence-electron chi connectivity index (χ1n) is 5.75. The summed E-state index contributed by atoms with van der Waals surface area (Å²) in [7, 11) is 0. The molecule has 1 N–H and O–H groups in total. The van der Waals surface area contributed by atoms with Crippen LogP contribution in [0.3, 0.4) is 0 Å². The maximum atomic E-state index is 12.0. The standard InChI is InChI=1S/C15H18O2/c1-3-5-9-12(4-2)14(16)15(17)13-10-7-6-8-11-13/h3-5,7,9-11,14,16H,1,6,8H2,2H3/b9-5-,12-4+. The molecule has 0 bridgehead atoms. The number of ketones is 1. The molecule has 0 spiro atoms. The fourth-order valence-electron chi connectivity index (χ4n) is 1.63. The van der Waals surface area contributed by atoms with Gasteiger partial charge in [0, 0.05) is 5.57 Å². The van der Waals surface area contributed by atoms with Crippen LogP contribution < -0.4 is 0 Å². The van der Waals surface area contributed by atoms with Gasteiger partial charge in [0.05, 0.1) is 0 Å². The Morgan fingerprint density at radius 3 is 2.82 bits per heavy atom.